The first-order chi connectivity index (χ1) is 7.65. The molecule has 0 radical (unpaired) electrons. The van der Waals surface area contributed by atoms with Crippen molar-refractivity contribution < 1.29 is 0 Å². The van der Waals surface area contributed by atoms with E-state index in [1.165, 1.54) is 25.7 Å². The molecule has 0 saturated heterocycles. The molecule has 1 aromatic carbocycles. The first-order valence-corrected chi connectivity index (χ1v) is 7.04. The number of hydrogen-bond acceptors (Lipinski definition) is 1. The molecule has 1 N–H and O–H groups in total. The molecule has 88 valence electrons. The Morgan fingerprint density at radius 3 is 2.56 bits per heavy atom. The molecule has 1 aromatic rings. The smallest absolute Gasteiger partial charge is 0.0648 e. The molecule has 16 heavy (non-hydrogen) atoms. The van der Waals surface area contributed by atoms with E-state index in [-0.39, 0.29) is 0 Å². The van der Waals surface area contributed by atoms with E-state index in [1.807, 2.05) is 18.2 Å². The monoisotopic (exact) mass is 301 g/mol. The third-order valence-electron chi connectivity index (χ3n) is 3.31. The van der Waals surface area contributed by atoms with Gasteiger partial charge in [-0.15, -0.1) is 0 Å². The van der Waals surface area contributed by atoms with Crippen molar-refractivity contribution in [3.05, 3.63) is 27.7 Å². The first kappa shape index (κ1) is 12.3. The lowest BCUT2D eigenvalue weighted by Crippen LogP contribution is -2.25. The normalized spacial score (nSPS) is 25.4. The van der Waals surface area contributed by atoms with Crippen molar-refractivity contribution in [2.45, 2.75) is 38.6 Å². The van der Waals surface area contributed by atoms with Crippen LogP contribution in [-0.2, 0) is 0 Å². The largest absolute Gasteiger partial charge is 0.381 e. The summed E-state index contributed by atoms with van der Waals surface area (Å²) in [6.07, 6.45) is 5.17. The van der Waals surface area contributed by atoms with Gasteiger partial charge in [0, 0.05) is 10.5 Å². The van der Waals surface area contributed by atoms with Crippen LogP contribution in [0.15, 0.2) is 22.7 Å². The summed E-state index contributed by atoms with van der Waals surface area (Å²) < 4.78 is 1.03. The summed E-state index contributed by atoms with van der Waals surface area (Å²) in [5.41, 5.74) is 1.06. The average Bonchev–Trinajstić information content (AvgIpc) is 2.25. The summed E-state index contributed by atoms with van der Waals surface area (Å²) in [7, 11) is 0. The van der Waals surface area contributed by atoms with E-state index in [9.17, 15) is 0 Å². The summed E-state index contributed by atoms with van der Waals surface area (Å²) in [5.74, 6) is 0.887. The van der Waals surface area contributed by atoms with Crippen molar-refractivity contribution in [3.8, 4) is 0 Å². The first-order valence-electron chi connectivity index (χ1n) is 5.87. The highest BCUT2D eigenvalue weighted by molar-refractivity contribution is 9.10. The fraction of sp³-hybridized carbons (Fsp3) is 0.538. The number of nitrogens with one attached hydrogen (secondary N) is 1. The van der Waals surface area contributed by atoms with Crippen LogP contribution in [0, 0.1) is 5.92 Å². The zero-order valence-corrected chi connectivity index (χ0v) is 11.8. The number of halogens is 2. The number of hydrogen-bond donors (Lipinski definition) is 1. The van der Waals surface area contributed by atoms with Crippen LogP contribution in [-0.4, -0.2) is 6.04 Å². The van der Waals surface area contributed by atoms with Crippen molar-refractivity contribution in [2.75, 3.05) is 5.32 Å². The highest BCUT2D eigenvalue weighted by Gasteiger charge is 2.18. The van der Waals surface area contributed by atoms with Gasteiger partial charge in [0.1, 0.15) is 0 Å². The van der Waals surface area contributed by atoms with Crippen molar-refractivity contribution >= 4 is 33.2 Å². The molecule has 0 atom stereocenters. The molecule has 2 rings (SSSR count). The molecule has 1 fully saturated rings. The van der Waals surface area contributed by atoms with Gasteiger partial charge in [-0.2, -0.15) is 0 Å². The van der Waals surface area contributed by atoms with E-state index in [0.29, 0.717) is 6.04 Å². The SMILES string of the molecule is CC1CCC(Nc2ccc(Br)cc2Cl)CC1. The lowest BCUT2D eigenvalue weighted by atomic mass is 9.87. The molecule has 0 amide bonds. The minimum atomic E-state index is 0.592. The Morgan fingerprint density at radius 2 is 1.94 bits per heavy atom. The molecular weight excluding hydrogens is 286 g/mol. The Morgan fingerprint density at radius 1 is 1.25 bits per heavy atom. The van der Waals surface area contributed by atoms with E-state index >= 15 is 0 Å². The summed E-state index contributed by atoms with van der Waals surface area (Å²) in [6.45, 7) is 2.34. The van der Waals surface area contributed by atoms with Gasteiger partial charge in [0.05, 0.1) is 10.7 Å². The molecule has 1 nitrogen and oxygen atoms in total. The van der Waals surface area contributed by atoms with Gasteiger partial charge in [0.15, 0.2) is 0 Å². The van der Waals surface area contributed by atoms with E-state index in [1.54, 1.807) is 0 Å². The van der Waals surface area contributed by atoms with E-state index in [4.69, 9.17) is 11.6 Å². The lowest BCUT2D eigenvalue weighted by Gasteiger charge is -2.28. The maximum absolute atomic E-state index is 6.18. The topological polar surface area (TPSA) is 12.0 Å². The minimum Gasteiger partial charge on any atom is -0.381 e. The van der Waals surface area contributed by atoms with E-state index in [2.05, 4.69) is 28.2 Å². The van der Waals surface area contributed by atoms with Gasteiger partial charge in [-0.25, -0.2) is 0 Å². The minimum absolute atomic E-state index is 0.592. The molecule has 0 aromatic heterocycles. The maximum atomic E-state index is 6.18. The Kier molecular flexibility index (Phi) is 4.15. The van der Waals surface area contributed by atoms with Crippen molar-refractivity contribution in [3.63, 3.8) is 0 Å². The van der Waals surface area contributed by atoms with Crippen LogP contribution in [0.2, 0.25) is 5.02 Å². The lowest BCUT2D eigenvalue weighted by molar-refractivity contribution is 0.361. The van der Waals surface area contributed by atoms with Gasteiger partial charge < -0.3 is 5.32 Å². The van der Waals surface area contributed by atoms with Crippen LogP contribution >= 0.6 is 27.5 Å². The second-order valence-electron chi connectivity index (χ2n) is 4.73. The predicted octanol–water partition coefficient (Wildman–Crippen LogP) is 5.09. The van der Waals surface area contributed by atoms with Crippen LogP contribution in [0.25, 0.3) is 0 Å². The Bertz CT molecular complexity index is 359. The third-order valence-corrected chi connectivity index (χ3v) is 4.11. The highest BCUT2D eigenvalue weighted by atomic mass is 79.9. The van der Waals surface area contributed by atoms with Crippen molar-refractivity contribution in [1.29, 1.82) is 0 Å². The molecular formula is C13H17BrClN. The van der Waals surface area contributed by atoms with Crippen LogP contribution in [0.1, 0.15) is 32.6 Å². The molecule has 0 heterocycles. The quantitative estimate of drug-likeness (QED) is 0.802. The second kappa shape index (κ2) is 5.42. The molecule has 0 spiro atoms. The Labute approximate surface area is 111 Å². The summed E-state index contributed by atoms with van der Waals surface area (Å²) in [5, 5.41) is 4.34. The zero-order valence-electron chi connectivity index (χ0n) is 9.47. The fourth-order valence-corrected chi connectivity index (χ4v) is 2.96. The molecule has 0 aliphatic heterocycles. The van der Waals surface area contributed by atoms with Crippen LogP contribution in [0.5, 0.6) is 0 Å². The van der Waals surface area contributed by atoms with Gasteiger partial charge in [0.25, 0.3) is 0 Å². The standard InChI is InChI=1S/C13H17BrClN/c1-9-2-5-11(6-3-9)16-13-7-4-10(14)8-12(13)15/h4,7-9,11,16H,2-3,5-6H2,1H3. The molecule has 1 aliphatic rings. The van der Waals surface area contributed by atoms with E-state index < -0.39 is 0 Å². The van der Waals surface area contributed by atoms with Gasteiger partial charge >= 0.3 is 0 Å². The van der Waals surface area contributed by atoms with Crippen LogP contribution in [0.4, 0.5) is 5.69 Å². The molecule has 0 bridgehead atoms. The van der Waals surface area contributed by atoms with Gasteiger partial charge in [-0.05, 0) is 49.8 Å². The Balaban J connectivity index is 1.98. The number of benzene rings is 1. The van der Waals surface area contributed by atoms with Crippen molar-refractivity contribution in [2.24, 2.45) is 5.92 Å². The molecule has 1 saturated carbocycles. The summed E-state index contributed by atoms with van der Waals surface area (Å²) in [4.78, 5) is 0. The number of rotatable bonds is 2. The fourth-order valence-electron chi connectivity index (χ4n) is 2.23. The van der Waals surface area contributed by atoms with Gasteiger partial charge in [-0.3, -0.25) is 0 Å². The van der Waals surface area contributed by atoms with Gasteiger partial charge in [0.2, 0.25) is 0 Å². The van der Waals surface area contributed by atoms with Gasteiger partial charge in [-0.1, -0.05) is 34.5 Å². The maximum Gasteiger partial charge on any atom is 0.0648 e. The predicted molar refractivity (Wildman–Crippen MR) is 74.2 cm³/mol. The number of anilines is 1. The highest BCUT2D eigenvalue weighted by Crippen LogP contribution is 2.30. The average molecular weight is 303 g/mol. The van der Waals surface area contributed by atoms with Crippen LogP contribution in [0.3, 0.4) is 0 Å². The Hall–Kier alpha value is -0.210. The summed E-state index contributed by atoms with van der Waals surface area (Å²) >= 11 is 9.60. The molecule has 1 aliphatic carbocycles. The van der Waals surface area contributed by atoms with Crippen molar-refractivity contribution in [1.82, 2.24) is 0 Å². The van der Waals surface area contributed by atoms with E-state index in [0.717, 1.165) is 21.1 Å². The molecule has 0 unspecified atom stereocenters. The zero-order chi connectivity index (χ0) is 11.5. The third kappa shape index (κ3) is 3.14. The van der Waals surface area contributed by atoms with Crippen LogP contribution < -0.4 is 5.32 Å². The molecule has 3 heteroatoms. The summed E-state index contributed by atoms with van der Waals surface area (Å²) in [6, 6.07) is 6.61. The second-order valence-corrected chi connectivity index (χ2v) is 6.05.